The molecule has 1 heterocycles. The molecule has 0 radical (unpaired) electrons. The van der Waals surface area contributed by atoms with Crippen LogP contribution in [0.3, 0.4) is 0 Å². The molecule has 1 aromatic carbocycles. The van der Waals surface area contributed by atoms with Gasteiger partial charge in [0.2, 0.25) is 5.76 Å². The molecular weight excluding hydrogens is 249 g/mol. The molecule has 0 saturated heterocycles. The third kappa shape index (κ3) is 3.20. The fraction of sp³-hybridized carbons (Fsp3) is 0.214. The van der Waals surface area contributed by atoms with E-state index in [0.29, 0.717) is 24.2 Å². The lowest BCUT2D eigenvalue weighted by atomic mass is 10.1. The highest BCUT2D eigenvalue weighted by atomic mass is 19.1. The van der Waals surface area contributed by atoms with Crippen LogP contribution < -0.4 is 5.32 Å². The minimum Gasteiger partial charge on any atom is -0.475 e. The van der Waals surface area contributed by atoms with Crippen LogP contribution in [0.4, 0.5) is 4.39 Å². The summed E-state index contributed by atoms with van der Waals surface area (Å²) in [6.07, 6.45) is 1.35. The molecule has 0 amide bonds. The van der Waals surface area contributed by atoms with Crippen molar-refractivity contribution in [2.75, 3.05) is 0 Å². The number of aromatic carboxylic acids is 1. The fourth-order valence-corrected chi connectivity index (χ4v) is 1.82. The lowest BCUT2D eigenvalue weighted by molar-refractivity contribution is 0.0660. The topological polar surface area (TPSA) is 62.5 Å². The van der Waals surface area contributed by atoms with Crippen LogP contribution >= 0.6 is 0 Å². The van der Waals surface area contributed by atoms with Crippen LogP contribution in [0.15, 0.2) is 34.9 Å². The van der Waals surface area contributed by atoms with Gasteiger partial charge in [-0.2, -0.15) is 0 Å². The maximum atomic E-state index is 13.1. The summed E-state index contributed by atoms with van der Waals surface area (Å²) in [6.45, 7) is 2.62. The largest absolute Gasteiger partial charge is 0.475 e. The monoisotopic (exact) mass is 263 g/mol. The molecule has 2 rings (SSSR count). The van der Waals surface area contributed by atoms with Gasteiger partial charge in [-0.3, -0.25) is 0 Å². The standard InChI is InChI=1S/C14H14FNO3/c1-9-6-10(2-3-12(9)15)7-16-8-11-4-5-19-13(11)14(17)18/h2-6,16H,7-8H2,1H3,(H,17,18). The van der Waals surface area contributed by atoms with E-state index in [2.05, 4.69) is 5.32 Å². The van der Waals surface area contributed by atoms with Crippen molar-refractivity contribution < 1.29 is 18.7 Å². The van der Waals surface area contributed by atoms with E-state index >= 15 is 0 Å². The van der Waals surface area contributed by atoms with Gasteiger partial charge in [0.05, 0.1) is 6.26 Å². The zero-order chi connectivity index (χ0) is 13.8. The molecule has 5 heteroatoms. The Hall–Kier alpha value is -2.14. The Morgan fingerprint density at radius 1 is 1.37 bits per heavy atom. The van der Waals surface area contributed by atoms with E-state index < -0.39 is 5.97 Å². The minimum atomic E-state index is -1.08. The molecule has 2 aromatic rings. The number of aryl methyl sites for hydroxylation is 1. The Morgan fingerprint density at radius 2 is 2.16 bits per heavy atom. The van der Waals surface area contributed by atoms with Crippen molar-refractivity contribution in [3.05, 3.63) is 58.8 Å². The summed E-state index contributed by atoms with van der Waals surface area (Å²) in [5, 5.41) is 12.0. The molecule has 2 N–H and O–H groups in total. The Bertz CT molecular complexity index is 592. The number of furan rings is 1. The molecule has 1 aromatic heterocycles. The molecule has 0 saturated carbocycles. The summed E-state index contributed by atoms with van der Waals surface area (Å²) in [4.78, 5) is 10.8. The molecule has 0 aliphatic carbocycles. The lowest BCUT2D eigenvalue weighted by Gasteiger charge is -2.05. The zero-order valence-corrected chi connectivity index (χ0v) is 10.4. The quantitative estimate of drug-likeness (QED) is 0.870. The molecule has 100 valence electrons. The Kier molecular flexibility index (Phi) is 3.97. The first-order chi connectivity index (χ1) is 9.08. The van der Waals surface area contributed by atoms with Gasteiger partial charge in [0.15, 0.2) is 0 Å². The van der Waals surface area contributed by atoms with Crippen LogP contribution in [-0.4, -0.2) is 11.1 Å². The highest BCUT2D eigenvalue weighted by molar-refractivity contribution is 5.86. The predicted octanol–water partition coefficient (Wildman–Crippen LogP) is 2.72. The van der Waals surface area contributed by atoms with Gasteiger partial charge >= 0.3 is 5.97 Å². The summed E-state index contributed by atoms with van der Waals surface area (Å²) in [7, 11) is 0. The number of benzene rings is 1. The SMILES string of the molecule is Cc1cc(CNCc2ccoc2C(=O)O)ccc1F. The molecular formula is C14H14FNO3. The van der Waals surface area contributed by atoms with Gasteiger partial charge in [-0.15, -0.1) is 0 Å². The summed E-state index contributed by atoms with van der Waals surface area (Å²) in [6, 6.07) is 6.50. The van der Waals surface area contributed by atoms with E-state index in [-0.39, 0.29) is 11.6 Å². The van der Waals surface area contributed by atoms with Gasteiger partial charge < -0.3 is 14.8 Å². The Labute approximate surface area is 109 Å². The van der Waals surface area contributed by atoms with Crippen LogP contribution in [0.25, 0.3) is 0 Å². The van der Waals surface area contributed by atoms with Gasteiger partial charge in [-0.25, -0.2) is 9.18 Å². The predicted molar refractivity (Wildman–Crippen MR) is 67.3 cm³/mol. The van der Waals surface area contributed by atoms with Gasteiger partial charge in [-0.1, -0.05) is 12.1 Å². The Morgan fingerprint density at radius 3 is 2.84 bits per heavy atom. The first kappa shape index (κ1) is 13.3. The van der Waals surface area contributed by atoms with Crippen molar-refractivity contribution in [1.82, 2.24) is 5.32 Å². The Balaban J connectivity index is 1.94. The van der Waals surface area contributed by atoms with Crippen LogP contribution in [0.5, 0.6) is 0 Å². The van der Waals surface area contributed by atoms with Gasteiger partial charge in [0.25, 0.3) is 0 Å². The van der Waals surface area contributed by atoms with E-state index in [1.165, 1.54) is 12.3 Å². The second-order valence-electron chi connectivity index (χ2n) is 4.27. The average molecular weight is 263 g/mol. The van der Waals surface area contributed by atoms with Gasteiger partial charge in [0, 0.05) is 18.7 Å². The minimum absolute atomic E-state index is 0.0530. The van der Waals surface area contributed by atoms with Crippen molar-refractivity contribution in [2.45, 2.75) is 20.0 Å². The maximum Gasteiger partial charge on any atom is 0.372 e. The molecule has 4 nitrogen and oxygen atoms in total. The normalized spacial score (nSPS) is 10.6. The number of hydrogen-bond donors (Lipinski definition) is 2. The third-order valence-corrected chi connectivity index (χ3v) is 2.81. The van der Waals surface area contributed by atoms with Crippen LogP contribution in [0.1, 0.15) is 27.2 Å². The van der Waals surface area contributed by atoms with E-state index in [1.807, 2.05) is 0 Å². The smallest absolute Gasteiger partial charge is 0.372 e. The van der Waals surface area contributed by atoms with Gasteiger partial charge in [0.1, 0.15) is 5.82 Å². The van der Waals surface area contributed by atoms with Crippen molar-refractivity contribution in [1.29, 1.82) is 0 Å². The first-order valence-corrected chi connectivity index (χ1v) is 5.83. The molecule has 0 aliphatic rings. The second kappa shape index (κ2) is 5.67. The number of carboxylic acids is 1. The third-order valence-electron chi connectivity index (χ3n) is 2.81. The highest BCUT2D eigenvalue weighted by Crippen LogP contribution is 2.12. The zero-order valence-electron chi connectivity index (χ0n) is 10.4. The summed E-state index contributed by atoms with van der Waals surface area (Å²) >= 11 is 0. The van der Waals surface area contributed by atoms with Crippen molar-refractivity contribution in [2.24, 2.45) is 0 Å². The first-order valence-electron chi connectivity index (χ1n) is 5.83. The molecule has 0 spiro atoms. The van der Waals surface area contributed by atoms with Crippen LogP contribution in [-0.2, 0) is 13.1 Å². The number of rotatable bonds is 5. The van der Waals surface area contributed by atoms with Crippen LogP contribution in [0.2, 0.25) is 0 Å². The molecule has 0 bridgehead atoms. The van der Waals surface area contributed by atoms with E-state index in [9.17, 15) is 9.18 Å². The highest BCUT2D eigenvalue weighted by Gasteiger charge is 2.13. The molecule has 0 fully saturated rings. The molecule has 19 heavy (non-hydrogen) atoms. The second-order valence-corrected chi connectivity index (χ2v) is 4.27. The summed E-state index contributed by atoms with van der Waals surface area (Å²) in [5.41, 5.74) is 2.12. The van der Waals surface area contributed by atoms with Gasteiger partial charge in [-0.05, 0) is 30.2 Å². The average Bonchev–Trinajstić information content (AvgIpc) is 2.82. The number of nitrogens with one attached hydrogen (secondary N) is 1. The number of carbonyl (C=O) groups is 1. The number of carboxylic acid groups (broad SMARTS) is 1. The van der Waals surface area contributed by atoms with Crippen LogP contribution in [0, 0.1) is 12.7 Å². The molecule has 0 aliphatic heterocycles. The summed E-state index contributed by atoms with van der Waals surface area (Å²) < 4.78 is 18.0. The maximum absolute atomic E-state index is 13.1. The van der Waals surface area contributed by atoms with Crippen molar-refractivity contribution in [3.63, 3.8) is 0 Å². The molecule has 0 atom stereocenters. The van der Waals surface area contributed by atoms with E-state index in [0.717, 1.165) is 5.56 Å². The summed E-state index contributed by atoms with van der Waals surface area (Å²) in [5.74, 6) is -1.37. The van der Waals surface area contributed by atoms with E-state index in [4.69, 9.17) is 9.52 Å². The van der Waals surface area contributed by atoms with Crippen molar-refractivity contribution in [3.8, 4) is 0 Å². The lowest BCUT2D eigenvalue weighted by Crippen LogP contribution is -2.14. The fourth-order valence-electron chi connectivity index (χ4n) is 1.82. The number of halogens is 1. The van der Waals surface area contributed by atoms with E-state index in [1.54, 1.807) is 25.1 Å². The van der Waals surface area contributed by atoms with Crippen molar-refractivity contribution >= 4 is 5.97 Å². The molecule has 0 unspecified atom stereocenters. The number of hydrogen-bond acceptors (Lipinski definition) is 3.